The number of nitrogens with one attached hydrogen (secondary N) is 2. The summed E-state index contributed by atoms with van der Waals surface area (Å²) in [5.41, 5.74) is 4.96. The van der Waals surface area contributed by atoms with Crippen LogP contribution in [0.25, 0.3) is 0 Å². The molecule has 3 N–H and O–H groups in total. The van der Waals surface area contributed by atoms with Gasteiger partial charge in [0.25, 0.3) is 0 Å². The lowest BCUT2D eigenvalue weighted by atomic mass is 9.78. The van der Waals surface area contributed by atoms with Crippen molar-refractivity contribution < 1.29 is 9.90 Å². The average Bonchev–Trinajstić information content (AvgIpc) is 3.59. The minimum absolute atomic E-state index is 0.0582. The van der Waals surface area contributed by atoms with Crippen molar-refractivity contribution in [2.24, 2.45) is 11.8 Å². The van der Waals surface area contributed by atoms with Crippen molar-refractivity contribution in [3.8, 4) is 0 Å². The number of fused-ring (bicyclic) bond motifs is 1. The number of benzene rings is 1. The number of anilines is 2. The normalized spacial score (nSPS) is 23.4. The topological polar surface area (TPSA) is 108 Å². The largest absolute Gasteiger partial charge is 0.481 e. The number of likely N-dealkylation sites (tertiary alicyclic amines) is 1. The second kappa shape index (κ2) is 15.0. The second-order valence-corrected chi connectivity index (χ2v) is 14.2. The summed E-state index contributed by atoms with van der Waals surface area (Å²) in [4.78, 5) is 24.6. The van der Waals surface area contributed by atoms with Crippen LogP contribution in [0.15, 0.2) is 42.7 Å². The molecular weight excluding hydrogens is 574 g/mol. The number of hydrogen-bond donors (Lipinski definition) is 3. The van der Waals surface area contributed by atoms with Crippen LogP contribution in [0.4, 0.5) is 11.8 Å². The molecule has 0 radical (unpaired) electrons. The highest BCUT2D eigenvalue weighted by Gasteiger charge is 2.32. The molecule has 3 atom stereocenters. The third-order valence-electron chi connectivity index (χ3n) is 10.7. The summed E-state index contributed by atoms with van der Waals surface area (Å²) in [6, 6.07) is 11.5. The summed E-state index contributed by atoms with van der Waals surface area (Å²) in [7, 11) is 0. The zero-order chi connectivity index (χ0) is 32.0. The number of carboxylic acid groups (broad SMARTS) is 1. The molecule has 1 saturated carbocycles. The van der Waals surface area contributed by atoms with Gasteiger partial charge < -0.3 is 20.6 Å². The minimum atomic E-state index is -0.653. The van der Waals surface area contributed by atoms with E-state index in [1.54, 1.807) is 0 Å². The highest BCUT2D eigenvalue weighted by molar-refractivity contribution is 5.70. The molecule has 2 fully saturated rings. The number of nitrogens with zero attached hydrogens (tertiary/aromatic N) is 5. The summed E-state index contributed by atoms with van der Waals surface area (Å²) in [6.45, 7) is 9.73. The third kappa shape index (κ3) is 7.73. The van der Waals surface area contributed by atoms with Crippen molar-refractivity contribution >= 4 is 17.7 Å². The third-order valence-corrected chi connectivity index (χ3v) is 10.7. The van der Waals surface area contributed by atoms with E-state index in [1.165, 1.54) is 36.0 Å². The maximum atomic E-state index is 11.6. The van der Waals surface area contributed by atoms with Gasteiger partial charge in [-0.2, -0.15) is 10.1 Å². The number of carboxylic acids is 1. The van der Waals surface area contributed by atoms with E-state index in [9.17, 15) is 9.90 Å². The lowest BCUT2D eigenvalue weighted by Gasteiger charge is -2.34. The monoisotopic (exact) mass is 627 g/mol. The lowest BCUT2D eigenvalue weighted by molar-refractivity contribution is -0.143. The fourth-order valence-electron chi connectivity index (χ4n) is 7.91. The van der Waals surface area contributed by atoms with E-state index in [0.29, 0.717) is 23.8 Å². The number of piperidine rings is 1. The molecule has 1 aliphatic heterocycles. The van der Waals surface area contributed by atoms with Crippen LogP contribution in [0, 0.1) is 11.8 Å². The van der Waals surface area contributed by atoms with Crippen LogP contribution < -0.4 is 10.6 Å². The fraction of sp³-hybridized carbons (Fsp3) is 0.622. The summed E-state index contributed by atoms with van der Waals surface area (Å²) < 4.78 is 2.05. The first-order chi connectivity index (χ1) is 22.4. The fourth-order valence-corrected chi connectivity index (χ4v) is 7.91. The number of aromatic nitrogens is 4. The Morgan fingerprint density at radius 1 is 1.00 bits per heavy atom. The Labute approximate surface area is 274 Å². The molecule has 0 unspecified atom stereocenters. The van der Waals surface area contributed by atoms with Crippen LogP contribution in [-0.2, 0) is 17.6 Å². The van der Waals surface area contributed by atoms with Gasteiger partial charge >= 0.3 is 5.97 Å². The van der Waals surface area contributed by atoms with Crippen LogP contribution in [-0.4, -0.2) is 61.4 Å². The van der Waals surface area contributed by atoms with Crippen LogP contribution in [0.3, 0.4) is 0 Å². The predicted molar refractivity (Wildman–Crippen MR) is 183 cm³/mol. The first-order valence-corrected chi connectivity index (χ1v) is 17.8. The van der Waals surface area contributed by atoms with E-state index in [0.717, 1.165) is 82.5 Å². The SMILES string of the molecule is CC[C@@H](Nc1nc2c(c(N[C@@H](CN3CCCCC3)c3cnn(C(C)C)c3)n1)C[C@H](c1ccccc1)CC2)C1CCC(C(=O)O)CC1. The standard InChI is InChI=1S/C37H53N7O2/c1-4-32(27-13-15-28(16-14-27)36(45)46)40-37-41-33-18-17-29(26-11-7-5-8-12-26)21-31(33)35(42-37)39-34(24-43-19-9-6-10-20-43)30-22-38-44(23-30)25(2)3/h5,7-8,11-12,22-23,25,27-29,32,34H,4,6,9-10,13-21,24H2,1-3H3,(H,45,46)(H2,39,40,41,42)/t27?,28?,29-,32-,34+/m1/s1. The van der Waals surface area contributed by atoms with Gasteiger partial charge in [-0.15, -0.1) is 0 Å². The Bertz CT molecular complexity index is 1430. The lowest BCUT2D eigenvalue weighted by Crippen LogP contribution is -2.36. The van der Waals surface area contributed by atoms with E-state index in [4.69, 9.17) is 15.1 Å². The molecule has 0 amide bonds. The molecule has 3 aliphatic rings. The molecule has 1 saturated heterocycles. The van der Waals surface area contributed by atoms with Gasteiger partial charge in [0.15, 0.2) is 0 Å². The van der Waals surface area contributed by atoms with Gasteiger partial charge in [0.05, 0.1) is 23.9 Å². The molecule has 46 heavy (non-hydrogen) atoms. The summed E-state index contributed by atoms with van der Waals surface area (Å²) >= 11 is 0. The van der Waals surface area contributed by atoms with Crippen molar-refractivity contribution in [3.63, 3.8) is 0 Å². The van der Waals surface area contributed by atoms with E-state index in [2.05, 4.69) is 77.5 Å². The highest BCUT2D eigenvalue weighted by Crippen LogP contribution is 2.38. The quantitative estimate of drug-likeness (QED) is 0.193. The van der Waals surface area contributed by atoms with Crippen LogP contribution in [0.2, 0.25) is 0 Å². The van der Waals surface area contributed by atoms with Gasteiger partial charge in [-0.3, -0.25) is 9.48 Å². The van der Waals surface area contributed by atoms with Crippen molar-refractivity contribution in [1.82, 2.24) is 24.6 Å². The Kier molecular flexibility index (Phi) is 10.6. The van der Waals surface area contributed by atoms with Crippen LogP contribution in [0.5, 0.6) is 0 Å². The van der Waals surface area contributed by atoms with E-state index < -0.39 is 5.97 Å². The Morgan fingerprint density at radius 3 is 2.43 bits per heavy atom. The minimum Gasteiger partial charge on any atom is -0.481 e. The summed E-state index contributed by atoms with van der Waals surface area (Å²) in [6.07, 6.45) is 15.3. The van der Waals surface area contributed by atoms with Gasteiger partial charge in [-0.1, -0.05) is 43.7 Å². The van der Waals surface area contributed by atoms with Gasteiger partial charge in [0, 0.05) is 36.0 Å². The first-order valence-electron chi connectivity index (χ1n) is 17.8. The molecule has 3 heterocycles. The average molecular weight is 628 g/mol. The maximum absolute atomic E-state index is 11.6. The highest BCUT2D eigenvalue weighted by atomic mass is 16.4. The number of aryl methyl sites for hydroxylation is 1. The molecule has 2 aromatic heterocycles. The van der Waals surface area contributed by atoms with Crippen molar-refractivity contribution in [3.05, 3.63) is 65.1 Å². The number of carbonyl (C=O) groups is 1. The summed E-state index contributed by atoms with van der Waals surface area (Å²) in [5, 5.41) is 22.0. The molecule has 3 aromatic rings. The molecule has 1 aromatic carbocycles. The molecule has 9 nitrogen and oxygen atoms in total. The first kappa shape index (κ1) is 32.5. The van der Waals surface area contributed by atoms with Crippen molar-refractivity contribution in [1.29, 1.82) is 0 Å². The molecular formula is C37H53N7O2. The molecule has 248 valence electrons. The van der Waals surface area contributed by atoms with Gasteiger partial charge in [-0.25, -0.2) is 4.98 Å². The Morgan fingerprint density at radius 2 is 1.76 bits per heavy atom. The van der Waals surface area contributed by atoms with Gasteiger partial charge in [0.1, 0.15) is 5.82 Å². The number of hydrogen-bond acceptors (Lipinski definition) is 7. The smallest absolute Gasteiger partial charge is 0.306 e. The number of rotatable bonds is 12. The maximum Gasteiger partial charge on any atom is 0.306 e. The van der Waals surface area contributed by atoms with Gasteiger partial charge in [0.2, 0.25) is 5.95 Å². The van der Waals surface area contributed by atoms with Crippen molar-refractivity contribution in [2.75, 3.05) is 30.3 Å². The molecule has 0 bridgehead atoms. The van der Waals surface area contributed by atoms with E-state index in [-0.39, 0.29) is 18.0 Å². The second-order valence-electron chi connectivity index (χ2n) is 14.2. The Hall–Kier alpha value is -3.46. The zero-order valence-electron chi connectivity index (χ0n) is 28.0. The number of aliphatic carboxylic acids is 1. The predicted octanol–water partition coefficient (Wildman–Crippen LogP) is 7.25. The molecule has 6 rings (SSSR count). The van der Waals surface area contributed by atoms with Crippen molar-refractivity contribution in [2.45, 2.75) is 115 Å². The summed E-state index contributed by atoms with van der Waals surface area (Å²) in [5.74, 6) is 1.64. The van der Waals surface area contributed by atoms with E-state index in [1.807, 2.05) is 6.20 Å². The van der Waals surface area contributed by atoms with Crippen LogP contribution >= 0.6 is 0 Å². The van der Waals surface area contributed by atoms with E-state index >= 15 is 0 Å². The Balaban J connectivity index is 1.31. The molecule has 0 spiro atoms. The molecule has 2 aliphatic carbocycles. The molecule has 9 heteroatoms. The zero-order valence-corrected chi connectivity index (χ0v) is 28.0. The van der Waals surface area contributed by atoms with Crippen LogP contribution in [0.1, 0.15) is 119 Å². The van der Waals surface area contributed by atoms with Gasteiger partial charge in [-0.05, 0) is 109 Å².